The molecule has 8 heteroatoms. The topological polar surface area (TPSA) is 64.7 Å². The van der Waals surface area contributed by atoms with Crippen LogP contribution < -0.4 is 15.5 Å². The maximum absolute atomic E-state index is 12.3. The van der Waals surface area contributed by atoms with Crippen molar-refractivity contribution in [2.45, 2.75) is 25.7 Å². The van der Waals surface area contributed by atoms with Crippen LogP contribution in [0.3, 0.4) is 0 Å². The Morgan fingerprint density at radius 2 is 1.68 bits per heavy atom. The summed E-state index contributed by atoms with van der Waals surface area (Å²) in [5, 5.41) is 6.06. The number of hydrogen-bond donors (Lipinski definition) is 2. The van der Waals surface area contributed by atoms with Gasteiger partial charge >= 0.3 is 0 Å². The molecule has 1 aliphatic carbocycles. The van der Waals surface area contributed by atoms with Crippen LogP contribution in [0.5, 0.6) is 0 Å². The van der Waals surface area contributed by atoms with Crippen molar-refractivity contribution in [3.63, 3.8) is 0 Å². The van der Waals surface area contributed by atoms with E-state index < -0.39 is 0 Å². The highest BCUT2D eigenvalue weighted by molar-refractivity contribution is 5.85. The second-order valence-corrected chi connectivity index (χ2v) is 7.23. The van der Waals surface area contributed by atoms with Gasteiger partial charge in [0, 0.05) is 44.8 Å². The molecule has 1 aromatic carbocycles. The summed E-state index contributed by atoms with van der Waals surface area (Å²) in [5.41, 5.74) is 1.22. The highest BCUT2D eigenvalue weighted by Gasteiger charge is 2.21. The molecule has 0 unspecified atom stereocenters. The van der Waals surface area contributed by atoms with Crippen molar-refractivity contribution >= 4 is 42.3 Å². The first-order valence-electron chi connectivity index (χ1n) is 9.77. The monoisotopic (exact) mass is 430 g/mol. The van der Waals surface area contributed by atoms with E-state index in [1.165, 1.54) is 18.5 Å². The maximum Gasteiger partial charge on any atom is 0.233 e. The van der Waals surface area contributed by atoms with Gasteiger partial charge in [0.25, 0.3) is 0 Å². The summed E-state index contributed by atoms with van der Waals surface area (Å²) in [7, 11) is 0. The van der Waals surface area contributed by atoms with E-state index in [1.807, 2.05) is 23.1 Å². The normalized spacial score (nSPS) is 16.0. The van der Waals surface area contributed by atoms with Crippen molar-refractivity contribution in [3.05, 3.63) is 30.3 Å². The highest BCUT2D eigenvalue weighted by atomic mass is 35.5. The summed E-state index contributed by atoms with van der Waals surface area (Å²) < 4.78 is 0. The average molecular weight is 431 g/mol. The molecule has 158 valence electrons. The summed E-state index contributed by atoms with van der Waals surface area (Å²) in [6.45, 7) is 5.18. The number of amides is 2. The van der Waals surface area contributed by atoms with Gasteiger partial charge in [-0.1, -0.05) is 18.2 Å². The third-order valence-electron chi connectivity index (χ3n) is 5.06. The van der Waals surface area contributed by atoms with Gasteiger partial charge in [-0.3, -0.25) is 9.59 Å². The third kappa shape index (κ3) is 8.25. The summed E-state index contributed by atoms with van der Waals surface area (Å²) in [6.07, 6.45) is 3.78. The molecule has 6 nitrogen and oxygen atoms in total. The second kappa shape index (κ2) is 12.9. The van der Waals surface area contributed by atoms with Crippen molar-refractivity contribution in [3.8, 4) is 0 Å². The number of anilines is 1. The molecule has 0 radical (unpaired) electrons. The zero-order valence-electron chi connectivity index (χ0n) is 16.3. The molecule has 2 aliphatic rings. The number of nitrogens with zero attached hydrogens (tertiary/aromatic N) is 2. The molecule has 1 heterocycles. The fourth-order valence-corrected chi connectivity index (χ4v) is 3.25. The number of benzene rings is 1. The SMILES string of the molecule is Cl.Cl.O=C(CNCC1CC1)NCCCC(=O)N1CCN(c2ccccc2)CC1. The summed E-state index contributed by atoms with van der Waals surface area (Å²) >= 11 is 0. The van der Waals surface area contributed by atoms with E-state index in [2.05, 4.69) is 27.7 Å². The Morgan fingerprint density at radius 3 is 2.32 bits per heavy atom. The minimum atomic E-state index is 0. The zero-order valence-corrected chi connectivity index (χ0v) is 17.9. The molecule has 28 heavy (non-hydrogen) atoms. The fraction of sp³-hybridized carbons (Fsp3) is 0.600. The number of halogens is 2. The van der Waals surface area contributed by atoms with E-state index in [4.69, 9.17) is 0 Å². The number of piperazine rings is 1. The molecule has 1 saturated heterocycles. The van der Waals surface area contributed by atoms with E-state index in [-0.39, 0.29) is 36.6 Å². The van der Waals surface area contributed by atoms with Crippen molar-refractivity contribution in [2.24, 2.45) is 5.92 Å². The van der Waals surface area contributed by atoms with Gasteiger partial charge in [-0.2, -0.15) is 0 Å². The van der Waals surface area contributed by atoms with Crippen LogP contribution in [0.2, 0.25) is 0 Å². The Morgan fingerprint density at radius 1 is 1.00 bits per heavy atom. The van der Waals surface area contributed by atoms with Crippen molar-refractivity contribution in [1.29, 1.82) is 0 Å². The van der Waals surface area contributed by atoms with Gasteiger partial charge in [-0.25, -0.2) is 0 Å². The molecule has 0 bridgehead atoms. The Kier molecular flexibility index (Phi) is 11.3. The summed E-state index contributed by atoms with van der Waals surface area (Å²) in [5.74, 6) is 0.996. The lowest BCUT2D eigenvalue weighted by atomic mass is 10.2. The minimum absolute atomic E-state index is 0. The molecular formula is C20H32Cl2N4O2. The van der Waals surface area contributed by atoms with Crippen molar-refractivity contribution in [2.75, 3.05) is 50.7 Å². The number of carbonyl (C=O) groups excluding carboxylic acids is 2. The molecule has 1 aliphatic heterocycles. The van der Waals surface area contributed by atoms with E-state index in [0.717, 1.165) is 38.6 Å². The van der Waals surface area contributed by atoms with Gasteiger partial charge in [0.2, 0.25) is 11.8 Å². The largest absolute Gasteiger partial charge is 0.368 e. The Hall–Kier alpha value is -1.50. The number of hydrogen-bond acceptors (Lipinski definition) is 4. The first kappa shape index (κ1) is 24.5. The number of nitrogens with one attached hydrogen (secondary N) is 2. The Bertz CT molecular complexity index is 591. The maximum atomic E-state index is 12.3. The first-order valence-corrected chi connectivity index (χ1v) is 9.77. The van der Waals surface area contributed by atoms with Gasteiger partial charge in [0.15, 0.2) is 0 Å². The van der Waals surface area contributed by atoms with E-state index >= 15 is 0 Å². The lowest BCUT2D eigenvalue weighted by Crippen LogP contribution is -2.48. The lowest BCUT2D eigenvalue weighted by Gasteiger charge is -2.36. The average Bonchev–Trinajstić information content (AvgIpc) is 3.50. The van der Waals surface area contributed by atoms with Crippen LogP contribution in [0.4, 0.5) is 5.69 Å². The quantitative estimate of drug-likeness (QED) is 0.588. The van der Waals surface area contributed by atoms with Gasteiger partial charge in [0.1, 0.15) is 0 Å². The van der Waals surface area contributed by atoms with Gasteiger partial charge in [-0.15, -0.1) is 24.8 Å². The second-order valence-electron chi connectivity index (χ2n) is 7.23. The predicted octanol–water partition coefficient (Wildman–Crippen LogP) is 2.07. The smallest absolute Gasteiger partial charge is 0.233 e. The van der Waals surface area contributed by atoms with Gasteiger partial charge in [-0.05, 0) is 43.9 Å². The molecule has 0 atom stereocenters. The standard InChI is InChI=1S/C20H30N4O2.2ClH/c25-19(16-21-15-17-8-9-17)22-10-4-7-20(26)24-13-11-23(12-14-24)18-5-2-1-3-6-18;;/h1-3,5-6,17,21H,4,7-16H2,(H,22,25);2*1H. The van der Waals surface area contributed by atoms with Crippen LogP contribution in [-0.2, 0) is 9.59 Å². The molecule has 1 saturated carbocycles. The minimum Gasteiger partial charge on any atom is -0.368 e. The van der Waals surface area contributed by atoms with E-state index in [9.17, 15) is 9.59 Å². The van der Waals surface area contributed by atoms with Crippen LogP contribution in [0.25, 0.3) is 0 Å². The molecule has 1 aromatic rings. The summed E-state index contributed by atoms with van der Waals surface area (Å²) in [6, 6.07) is 10.3. The van der Waals surface area contributed by atoms with Gasteiger partial charge < -0.3 is 20.4 Å². The molecule has 3 rings (SSSR count). The van der Waals surface area contributed by atoms with Crippen LogP contribution in [0.15, 0.2) is 30.3 Å². The predicted molar refractivity (Wildman–Crippen MR) is 118 cm³/mol. The van der Waals surface area contributed by atoms with Crippen LogP contribution in [0, 0.1) is 5.92 Å². The van der Waals surface area contributed by atoms with Gasteiger partial charge in [0.05, 0.1) is 6.54 Å². The third-order valence-corrected chi connectivity index (χ3v) is 5.06. The molecule has 2 fully saturated rings. The van der Waals surface area contributed by atoms with Crippen LogP contribution in [-0.4, -0.2) is 62.5 Å². The van der Waals surface area contributed by atoms with E-state index in [1.54, 1.807) is 0 Å². The number of para-hydroxylation sites is 1. The number of carbonyl (C=O) groups is 2. The highest BCUT2D eigenvalue weighted by Crippen LogP contribution is 2.27. The van der Waals surface area contributed by atoms with Crippen molar-refractivity contribution in [1.82, 2.24) is 15.5 Å². The van der Waals surface area contributed by atoms with Crippen LogP contribution in [0.1, 0.15) is 25.7 Å². The first-order chi connectivity index (χ1) is 12.7. The zero-order chi connectivity index (χ0) is 18.2. The molecule has 0 spiro atoms. The molecule has 2 N–H and O–H groups in total. The molecule has 2 amide bonds. The summed E-state index contributed by atoms with van der Waals surface area (Å²) in [4.78, 5) is 28.3. The van der Waals surface area contributed by atoms with Crippen molar-refractivity contribution < 1.29 is 9.59 Å². The van der Waals surface area contributed by atoms with Crippen LogP contribution >= 0.6 is 24.8 Å². The van der Waals surface area contributed by atoms with E-state index in [0.29, 0.717) is 25.9 Å². The molecule has 0 aromatic heterocycles. The fourth-order valence-electron chi connectivity index (χ4n) is 3.25. The molecular weight excluding hydrogens is 399 g/mol. The Balaban J connectivity index is 0.00000196. The number of rotatable bonds is 9. The Labute approximate surface area is 180 Å². The lowest BCUT2D eigenvalue weighted by molar-refractivity contribution is -0.131.